The minimum atomic E-state index is -0.247. The number of nitrogens with two attached hydrogens (primary N) is 1. The first-order valence-electron chi connectivity index (χ1n) is 7.14. The van der Waals surface area contributed by atoms with Crippen molar-refractivity contribution < 1.29 is 9.47 Å². The maximum absolute atomic E-state index is 6.64. The van der Waals surface area contributed by atoms with E-state index >= 15 is 0 Å². The van der Waals surface area contributed by atoms with Crippen LogP contribution in [0, 0.1) is 5.92 Å². The van der Waals surface area contributed by atoms with Crippen LogP contribution in [0.5, 0.6) is 11.5 Å². The molecule has 0 amide bonds. The summed E-state index contributed by atoms with van der Waals surface area (Å²) < 4.78 is 10.7. The minimum Gasteiger partial charge on any atom is -0.497 e. The molecule has 1 aliphatic rings. The van der Waals surface area contributed by atoms with E-state index in [4.69, 9.17) is 15.2 Å². The largest absolute Gasteiger partial charge is 0.497 e. The maximum Gasteiger partial charge on any atom is 0.127 e. The van der Waals surface area contributed by atoms with Gasteiger partial charge in [0.15, 0.2) is 0 Å². The second-order valence-corrected chi connectivity index (χ2v) is 5.57. The number of hydrogen-bond acceptors (Lipinski definition) is 3. The Labute approximate surface area is 116 Å². The summed E-state index contributed by atoms with van der Waals surface area (Å²) in [4.78, 5) is 0. The fraction of sp³-hybridized carbons (Fsp3) is 0.625. The molecule has 0 bridgehead atoms. The van der Waals surface area contributed by atoms with Crippen molar-refractivity contribution in [3.63, 3.8) is 0 Å². The van der Waals surface area contributed by atoms with Gasteiger partial charge in [-0.2, -0.15) is 0 Å². The Hall–Kier alpha value is -1.22. The van der Waals surface area contributed by atoms with Gasteiger partial charge in [-0.05, 0) is 43.7 Å². The molecule has 106 valence electrons. The summed E-state index contributed by atoms with van der Waals surface area (Å²) in [5.74, 6) is 2.49. The van der Waals surface area contributed by atoms with Gasteiger partial charge in [0, 0.05) is 17.2 Å². The molecule has 0 aromatic heterocycles. The second kappa shape index (κ2) is 5.83. The van der Waals surface area contributed by atoms with Gasteiger partial charge >= 0.3 is 0 Å². The van der Waals surface area contributed by atoms with Crippen molar-refractivity contribution >= 4 is 0 Å². The highest BCUT2D eigenvalue weighted by molar-refractivity contribution is 5.44. The van der Waals surface area contributed by atoms with Crippen molar-refractivity contribution in [2.45, 2.75) is 44.6 Å². The van der Waals surface area contributed by atoms with Gasteiger partial charge in [0.25, 0.3) is 0 Å². The number of hydrogen-bond donors (Lipinski definition) is 1. The second-order valence-electron chi connectivity index (χ2n) is 5.57. The Kier molecular flexibility index (Phi) is 4.35. The molecular formula is C16H25NO2. The summed E-state index contributed by atoms with van der Waals surface area (Å²) in [6.07, 6.45) is 5.75. The molecule has 0 spiro atoms. The van der Waals surface area contributed by atoms with Crippen LogP contribution >= 0.6 is 0 Å². The topological polar surface area (TPSA) is 44.5 Å². The molecule has 0 radical (unpaired) electrons. The van der Waals surface area contributed by atoms with Crippen LogP contribution in [-0.2, 0) is 5.54 Å². The van der Waals surface area contributed by atoms with Gasteiger partial charge in [0.2, 0.25) is 0 Å². The Morgan fingerprint density at radius 1 is 1.21 bits per heavy atom. The van der Waals surface area contributed by atoms with Gasteiger partial charge < -0.3 is 15.2 Å². The summed E-state index contributed by atoms with van der Waals surface area (Å²) >= 11 is 0. The molecule has 1 fully saturated rings. The number of benzene rings is 1. The Balaban J connectivity index is 2.25. The maximum atomic E-state index is 6.64. The van der Waals surface area contributed by atoms with Crippen LogP contribution in [0.15, 0.2) is 18.2 Å². The molecule has 1 aromatic carbocycles. The monoisotopic (exact) mass is 263 g/mol. The summed E-state index contributed by atoms with van der Waals surface area (Å²) in [5.41, 5.74) is 7.51. The highest BCUT2D eigenvalue weighted by atomic mass is 16.5. The lowest BCUT2D eigenvalue weighted by atomic mass is 9.72. The van der Waals surface area contributed by atoms with Crippen LogP contribution in [-0.4, -0.2) is 14.2 Å². The summed E-state index contributed by atoms with van der Waals surface area (Å²) in [7, 11) is 3.36. The molecule has 0 aliphatic heterocycles. The molecule has 1 saturated carbocycles. The van der Waals surface area contributed by atoms with Crippen molar-refractivity contribution in [1.29, 1.82) is 0 Å². The lowest BCUT2D eigenvalue weighted by Gasteiger charge is -2.38. The zero-order chi connectivity index (χ0) is 13.9. The van der Waals surface area contributed by atoms with E-state index in [1.165, 1.54) is 19.3 Å². The first-order chi connectivity index (χ1) is 9.12. The Bertz CT molecular complexity index is 423. The molecule has 1 aromatic rings. The molecule has 3 heteroatoms. The average Bonchev–Trinajstić information content (AvgIpc) is 2.47. The van der Waals surface area contributed by atoms with Gasteiger partial charge in [0.05, 0.1) is 14.2 Å². The fourth-order valence-corrected chi connectivity index (χ4v) is 3.08. The molecule has 0 saturated heterocycles. The first kappa shape index (κ1) is 14.2. The molecule has 0 unspecified atom stereocenters. The van der Waals surface area contributed by atoms with Crippen LogP contribution in [0.25, 0.3) is 0 Å². The zero-order valence-electron chi connectivity index (χ0n) is 12.2. The van der Waals surface area contributed by atoms with Gasteiger partial charge in [-0.15, -0.1) is 0 Å². The van der Waals surface area contributed by atoms with Crippen LogP contribution in [0.4, 0.5) is 0 Å². The number of methoxy groups -OCH3 is 2. The normalized spacial score (nSPS) is 27.1. The third-order valence-electron chi connectivity index (χ3n) is 4.52. The van der Waals surface area contributed by atoms with Crippen molar-refractivity contribution in [2.24, 2.45) is 11.7 Å². The van der Waals surface area contributed by atoms with Crippen molar-refractivity contribution in [3.8, 4) is 11.5 Å². The first-order valence-corrected chi connectivity index (χ1v) is 7.14. The Morgan fingerprint density at radius 3 is 2.42 bits per heavy atom. The van der Waals surface area contributed by atoms with Crippen molar-refractivity contribution in [1.82, 2.24) is 0 Å². The third-order valence-corrected chi connectivity index (χ3v) is 4.52. The lowest BCUT2D eigenvalue weighted by Crippen LogP contribution is -2.40. The van der Waals surface area contributed by atoms with E-state index < -0.39 is 0 Å². The van der Waals surface area contributed by atoms with Crippen molar-refractivity contribution in [3.05, 3.63) is 23.8 Å². The summed E-state index contributed by atoms with van der Waals surface area (Å²) in [6.45, 7) is 2.27. The van der Waals surface area contributed by atoms with Gasteiger partial charge in [-0.3, -0.25) is 0 Å². The van der Waals surface area contributed by atoms with Crippen LogP contribution in [0.1, 0.15) is 44.6 Å². The van der Waals surface area contributed by atoms with E-state index in [-0.39, 0.29) is 5.54 Å². The molecule has 0 atom stereocenters. The predicted octanol–water partition coefficient (Wildman–Crippen LogP) is 3.46. The predicted molar refractivity (Wildman–Crippen MR) is 77.7 cm³/mol. The number of ether oxygens (including phenoxy) is 2. The van der Waals surface area contributed by atoms with E-state index in [2.05, 4.69) is 13.0 Å². The minimum absolute atomic E-state index is 0.247. The molecular weight excluding hydrogens is 238 g/mol. The Morgan fingerprint density at radius 2 is 1.89 bits per heavy atom. The van der Waals surface area contributed by atoms with E-state index in [0.717, 1.165) is 35.8 Å². The van der Waals surface area contributed by atoms with Gasteiger partial charge in [-0.25, -0.2) is 0 Å². The smallest absolute Gasteiger partial charge is 0.127 e. The molecule has 3 nitrogen and oxygen atoms in total. The lowest BCUT2D eigenvalue weighted by molar-refractivity contribution is 0.226. The van der Waals surface area contributed by atoms with E-state index in [0.29, 0.717) is 0 Å². The van der Waals surface area contributed by atoms with Gasteiger partial charge in [-0.1, -0.05) is 13.3 Å². The van der Waals surface area contributed by atoms with E-state index in [9.17, 15) is 0 Å². The van der Waals surface area contributed by atoms with Crippen LogP contribution in [0.3, 0.4) is 0 Å². The highest BCUT2D eigenvalue weighted by Gasteiger charge is 2.34. The summed E-state index contributed by atoms with van der Waals surface area (Å²) in [6, 6.07) is 5.96. The van der Waals surface area contributed by atoms with Crippen LogP contribution < -0.4 is 15.2 Å². The van der Waals surface area contributed by atoms with E-state index in [1.807, 2.05) is 12.1 Å². The summed E-state index contributed by atoms with van der Waals surface area (Å²) in [5, 5.41) is 0. The molecule has 2 rings (SSSR count). The molecule has 0 heterocycles. The number of rotatable bonds is 4. The van der Waals surface area contributed by atoms with Gasteiger partial charge in [0.1, 0.15) is 11.5 Å². The standard InChI is InChI=1S/C16H25NO2/c1-4-12-7-9-16(17,10-8-12)14-6-5-13(18-2)11-15(14)19-3/h5-6,11-12H,4,7-10,17H2,1-3H3. The zero-order valence-corrected chi connectivity index (χ0v) is 12.2. The van der Waals surface area contributed by atoms with E-state index in [1.54, 1.807) is 14.2 Å². The van der Waals surface area contributed by atoms with Crippen LogP contribution in [0.2, 0.25) is 0 Å². The highest BCUT2D eigenvalue weighted by Crippen LogP contribution is 2.42. The molecule has 19 heavy (non-hydrogen) atoms. The third kappa shape index (κ3) is 2.86. The quantitative estimate of drug-likeness (QED) is 0.904. The average molecular weight is 263 g/mol. The molecule has 1 aliphatic carbocycles. The van der Waals surface area contributed by atoms with Crippen molar-refractivity contribution in [2.75, 3.05) is 14.2 Å². The SMILES string of the molecule is CCC1CCC(N)(c2ccc(OC)cc2OC)CC1. The fourth-order valence-electron chi connectivity index (χ4n) is 3.08. The molecule has 2 N–H and O–H groups in total.